The fourth-order valence-corrected chi connectivity index (χ4v) is 2.59. The number of rotatable bonds is 6. The molecule has 0 saturated carbocycles. The summed E-state index contributed by atoms with van der Waals surface area (Å²) in [5.74, 6) is -0.605. The molecular weight excluding hydrogens is 333 g/mol. The maximum Gasteiger partial charge on any atom is 0.167 e. The number of nitrogens with zero attached hydrogens (tertiary/aromatic N) is 1. The van der Waals surface area contributed by atoms with E-state index in [1.807, 2.05) is 25.2 Å². The average molecular weight is 350 g/mol. The van der Waals surface area contributed by atoms with Crippen LogP contribution in [0.5, 0.6) is 0 Å². The molecule has 0 saturated heterocycles. The first-order chi connectivity index (χ1) is 10.1. The molecule has 0 radical (unpaired) electrons. The topological polar surface area (TPSA) is 20.3 Å². The van der Waals surface area contributed by atoms with Crippen LogP contribution in [-0.4, -0.2) is 24.3 Å². The van der Waals surface area contributed by atoms with Gasteiger partial charge in [0.2, 0.25) is 0 Å². The van der Waals surface area contributed by atoms with Crippen LogP contribution in [0.4, 0.5) is 4.39 Å². The van der Waals surface area contributed by atoms with Gasteiger partial charge in [0.25, 0.3) is 0 Å². The normalized spacial score (nSPS) is 10.9. The molecule has 0 spiro atoms. The van der Waals surface area contributed by atoms with Gasteiger partial charge in [-0.1, -0.05) is 40.2 Å². The molecule has 0 aromatic heterocycles. The van der Waals surface area contributed by atoms with Crippen LogP contribution in [0.2, 0.25) is 0 Å². The second-order valence-corrected chi connectivity index (χ2v) is 5.94. The van der Waals surface area contributed by atoms with E-state index in [1.165, 1.54) is 17.7 Å². The van der Waals surface area contributed by atoms with Gasteiger partial charge < -0.3 is 4.90 Å². The maximum absolute atomic E-state index is 13.5. The predicted molar refractivity (Wildman–Crippen MR) is 85.8 cm³/mol. The third-order valence-corrected chi connectivity index (χ3v) is 3.73. The van der Waals surface area contributed by atoms with Crippen molar-refractivity contribution in [2.75, 3.05) is 13.6 Å². The summed E-state index contributed by atoms with van der Waals surface area (Å²) < 4.78 is 14.6. The van der Waals surface area contributed by atoms with E-state index >= 15 is 0 Å². The molecule has 2 aromatic rings. The van der Waals surface area contributed by atoms with Crippen LogP contribution in [0, 0.1) is 5.82 Å². The van der Waals surface area contributed by atoms with Gasteiger partial charge in [-0.15, -0.1) is 0 Å². The molecule has 0 aliphatic rings. The first kappa shape index (κ1) is 15.9. The Balaban J connectivity index is 1.88. The van der Waals surface area contributed by atoms with Crippen molar-refractivity contribution in [3.05, 3.63) is 69.9 Å². The van der Waals surface area contributed by atoms with Crippen LogP contribution in [0.3, 0.4) is 0 Å². The fourth-order valence-electron chi connectivity index (χ4n) is 2.14. The molecule has 21 heavy (non-hydrogen) atoms. The molecule has 0 aliphatic carbocycles. The summed E-state index contributed by atoms with van der Waals surface area (Å²) in [6.45, 7) is 1.35. The smallest absolute Gasteiger partial charge is 0.167 e. The summed E-state index contributed by atoms with van der Waals surface area (Å²) in [7, 11) is 1.95. The van der Waals surface area contributed by atoms with Crippen LogP contribution in [-0.2, 0) is 6.54 Å². The number of halogens is 2. The predicted octanol–water partition coefficient (Wildman–Crippen LogP) is 4.29. The quantitative estimate of drug-likeness (QED) is 0.725. The van der Waals surface area contributed by atoms with Gasteiger partial charge in [-0.2, -0.15) is 0 Å². The Morgan fingerprint density at radius 1 is 1.19 bits per heavy atom. The second kappa shape index (κ2) is 7.48. The van der Waals surface area contributed by atoms with E-state index < -0.39 is 5.82 Å². The molecule has 0 bridgehead atoms. The second-order valence-electron chi connectivity index (χ2n) is 5.02. The van der Waals surface area contributed by atoms with Crippen LogP contribution in [0.15, 0.2) is 53.0 Å². The maximum atomic E-state index is 13.5. The van der Waals surface area contributed by atoms with Crippen molar-refractivity contribution in [2.45, 2.75) is 13.0 Å². The Morgan fingerprint density at radius 2 is 1.95 bits per heavy atom. The minimum absolute atomic E-state index is 0.158. The summed E-state index contributed by atoms with van der Waals surface area (Å²) in [5.41, 5.74) is 1.35. The van der Waals surface area contributed by atoms with Crippen LogP contribution >= 0.6 is 15.9 Å². The SMILES string of the molecule is CN(CCC(=O)c1ccccc1F)Cc1cccc(Br)c1. The molecular formula is C17H17BrFNO. The largest absolute Gasteiger partial charge is 0.302 e. The van der Waals surface area contributed by atoms with Crippen LogP contribution in [0.25, 0.3) is 0 Å². The third-order valence-electron chi connectivity index (χ3n) is 3.24. The van der Waals surface area contributed by atoms with Gasteiger partial charge in [-0.3, -0.25) is 4.79 Å². The molecule has 0 amide bonds. The van der Waals surface area contributed by atoms with Crippen molar-refractivity contribution in [1.82, 2.24) is 4.90 Å². The summed E-state index contributed by atoms with van der Waals surface area (Å²) in [6.07, 6.45) is 0.311. The zero-order chi connectivity index (χ0) is 15.2. The highest BCUT2D eigenvalue weighted by atomic mass is 79.9. The average Bonchev–Trinajstić information content (AvgIpc) is 2.45. The van der Waals surface area contributed by atoms with Gasteiger partial charge in [0.05, 0.1) is 5.56 Å². The Kier molecular flexibility index (Phi) is 5.65. The molecule has 0 atom stereocenters. The molecule has 2 nitrogen and oxygen atoms in total. The highest BCUT2D eigenvalue weighted by molar-refractivity contribution is 9.10. The Labute approximate surface area is 132 Å². The van der Waals surface area contributed by atoms with E-state index in [1.54, 1.807) is 12.1 Å². The summed E-state index contributed by atoms with van der Waals surface area (Å²) in [6, 6.07) is 14.2. The lowest BCUT2D eigenvalue weighted by Gasteiger charge is -2.16. The van der Waals surface area contributed by atoms with E-state index in [2.05, 4.69) is 26.9 Å². The van der Waals surface area contributed by atoms with Crippen LogP contribution < -0.4 is 0 Å². The lowest BCUT2D eigenvalue weighted by atomic mass is 10.1. The van der Waals surface area contributed by atoms with Gasteiger partial charge in [0.15, 0.2) is 5.78 Å². The third kappa shape index (κ3) is 4.76. The molecule has 0 N–H and O–H groups in total. The fraction of sp³-hybridized carbons (Fsp3) is 0.235. The zero-order valence-electron chi connectivity index (χ0n) is 11.9. The monoisotopic (exact) mass is 349 g/mol. The van der Waals surface area contributed by atoms with Gasteiger partial charge in [-0.25, -0.2) is 4.39 Å². The first-order valence-corrected chi connectivity index (χ1v) is 7.56. The van der Waals surface area contributed by atoms with E-state index in [4.69, 9.17) is 0 Å². The molecule has 2 rings (SSSR count). The summed E-state index contributed by atoms with van der Waals surface area (Å²) in [4.78, 5) is 14.1. The van der Waals surface area contributed by atoms with Gasteiger partial charge in [-0.05, 0) is 36.9 Å². The number of ketones is 1. The molecule has 2 aromatic carbocycles. The minimum atomic E-state index is -0.447. The lowest BCUT2D eigenvalue weighted by Crippen LogP contribution is -2.21. The van der Waals surface area contributed by atoms with Crippen molar-refractivity contribution in [3.63, 3.8) is 0 Å². The van der Waals surface area contributed by atoms with Crippen molar-refractivity contribution < 1.29 is 9.18 Å². The lowest BCUT2D eigenvalue weighted by molar-refractivity contribution is 0.0964. The number of hydrogen-bond donors (Lipinski definition) is 0. The molecule has 110 valence electrons. The number of hydrogen-bond acceptors (Lipinski definition) is 2. The van der Waals surface area contributed by atoms with Crippen LogP contribution in [0.1, 0.15) is 22.3 Å². The van der Waals surface area contributed by atoms with Crippen molar-refractivity contribution in [3.8, 4) is 0 Å². The molecule has 4 heteroatoms. The van der Waals surface area contributed by atoms with Gasteiger partial charge in [0.1, 0.15) is 5.82 Å². The molecule has 0 fully saturated rings. The van der Waals surface area contributed by atoms with Crippen molar-refractivity contribution in [1.29, 1.82) is 0 Å². The number of Topliss-reactive ketones (excluding diaryl/α,β-unsaturated/α-hetero) is 1. The highest BCUT2D eigenvalue weighted by Gasteiger charge is 2.11. The number of carbonyl (C=O) groups is 1. The van der Waals surface area contributed by atoms with Gasteiger partial charge >= 0.3 is 0 Å². The van der Waals surface area contributed by atoms with E-state index in [-0.39, 0.29) is 11.3 Å². The Morgan fingerprint density at radius 3 is 2.67 bits per heavy atom. The minimum Gasteiger partial charge on any atom is -0.302 e. The number of carbonyl (C=O) groups excluding carboxylic acids is 1. The van der Waals surface area contributed by atoms with E-state index in [9.17, 15) is 9.18 Å². The summed E-state index contributed by atoms with van der Waals surface area (Å²) >= 11 is 3.44. The zero-order valence-corrected chi connectivity index (χ0v) is 13.4. The highest BCUT2D eigenvalue weighted by Crippen LogP contribution is 2.14. The molecule has 0 unspecified atom stereocenters. The standard InChI is InChI=1S/C17H17BrFNO/c1-20(12-13-5-4-6-14(18)11-13)10-9-17(21)15-7-2-3-8-16(15)19/h2-8,11H,9-10,12H2,1H3. The Bertz CT molecular complexity index is 630. The molecule has 0 aliphatic heterocycles. The molecule has 0 heterocycles. The van der Waals surface area contributed by atoms with E-state index in [0.29, 0.717) is 13.0 Å². The number of benzene rings is 2. The van der Waals surface area contributed by atoms with Gasteiger partial charge in [0, 0.05) is 24.0 Å². The van der Waals surface area contributed by atoms with E-state index in [0.717, 1.165) is 11.0 Å². The van der Waals surface area contributed by atoms with Crippen molar-refractivity contribution >= 4 is 21.7 Å². The van der Waals surface area contributed by atoms with Crippen molar-refractivity contribution in [2.24, 2.45) is 0 Å². The summed E-state index contributed by atoms with van der Waals surface area (Å²) in [5, 5.41) is 0. The first-order valence-electron chi connectivity index (χ1n) is 6.77. The Hall–Kier alpha value is -1.52.